The van der Waals surface area contributed by atoms with Crippen molar-refractivity contribution in [2.24, 2.45) is 5.16 Å². The molecule has 0 spiro atoms. The van der Waals surface area contributed by atoms with Crippen molar-refractivity contribution in [3.63, 3.8) is 0 Å². The second-order valence-electron chi connectivity index (χ2n) is 8.15. The van der Waals surface area contributed by atoms with Crippen LogP contribution in [0.3, 0.4) is 0 Å². The largest absolute Gasteiger partial charge is 0.391 e. The molecule has 0 radical (unpaired) electrons. The van der Waals surface area contributed by atoms with Crippen LogP contribution in [0.1, 0.15) is 34.9 Å². The summed E-state index contributed by atoms with van der Waals surface area (Å²) < 4.78 is 15.7. The van der Waals surface area contributed by atoms with Gasteiger partial charge >= 0.3 is 0 Å². The molecule has 3 aromatic carbocycles. The van der Waals surface area contributed by atoms with Crippen molar-refractivity contribution in [2.75, 3.05) is 0 Å². The van der Waals surface area contributed by atoms with E-state index in [9.17, 15) is 4.39 Å². The minimum Gasteiger partial charge on any atom is -0.391 e. The van der Waals surface area contributed by atoms with E-state index in [1.165, 1.54) is 23.3 Å². The van der Waals surface area contributed by atoms with E-state index in [1.807, 2.05) is 19.1 Å². The predicted molar refractivity (Wildman–Crippen MR) is 129 cm³/mol. The lowest BCUT2D eigenvalue weighted by molar-refractivity contribution is 0.130. The van der Waals surface area contributed by atoms with Gasteiger partial charge in [-0.25, -0.2) is 4.39 Å². The maximum atomic E-state index is 13.5. The minimum absolute atomic E-state index is 0.249. The van der Waals surface area contributed by atoms with Gasteiger partial charge < -0.3 is 9.40 Å². The number of aryl methyl sites for hydroxylation is 2. The summed E-state index contributed by atoms with van der Waals surface area (Å²) in [5, 5.41) is 4.39. The number of hydrogen-bond acceptors (Lipinski definition) is 2. The van der Waals surface area contributed by atoms with Gasteiger partial charge in [0.05, 0.1) is 11.4 Å². The number of halogens is 1. The van der Waals surface area contributed by atoms with Crippen LogP contribution in [0.15, 0.2) is 84.0 Å². The van der Waals surface area contributed by atoms with E-state index in [-0.39, 0.29) is 5.82 Å². The van der Waals surface area contributed by atoms with Crippen LogP contribution in [-0.2, 0) is 11.4 Å². The molecule has 0 N–H and O–H groups in total. The van der Waals surface area contributed by atoms with E-state index in [0.29, 0.717) is 6.61 Å². The number of rotatable bonds is 6. The third kappa shape index (κ3) is 4.65. The van der Waals surface area contributed by atoms with Gasteiger partial charge in [0.1, 0.15) is 12.4 Å². The second kappa shape index (κ2) is 9.23. The molecule has 0 fully saturated rings. The van der Waals surface area contributed by atoms with Gasteiger partial charge in [-0.1, -0.05) is 52.7 Å². The van der Waals surface area contributed by atoms with Crippen LogP contribution in [0.25, 0.3) is 16.9 Å². The molecule has 0 aliphatic rings. The van der Waals surface area contributed by atoms with Gasteiger partial charge in [-0.05, 0) is 81.3 Å². The fourth-order valence-electron chi connectivity index (χ4n) is 3.89. The lowest BCUT2D eigenvalue weighted by atomic mass is 10.1. The van der Waals surface area contributed by atoms with Crippen molar-refractivity contribution >= 4 is 5.71 Å². The zero-order chi connectivity index (χ0) is 22.7. The summed E-state index contributed by atoms with van der Waals surface area (Å²) in [6.45, 7) is 8.57. The highest BCUT2D eigenvalue weighted by atomic mass is 19.1. The van der Waals surface area contributed by atoms with Crippen LogP contribution in [0.2, 0.25) is 0 Å². The van der Waals surface area contributed by atoms with Crippen molar-refractivity contribution in [3.05, 3.63) is 113 Å². The predicted octanol–water partition coefficient (Wildman–Crippen LogP) is 7.15. The molecule has 162 valence electrons. The number of nitrogens with zero attached hydrogens (tertiary/aromatic N) is 2. The van der Waals surface area contributed by atoms with Gasteiger partial charge in [-0.2, -0.15) is 0 Å². The molecular formula is C28H27FN2O. The zero-order valence-corrected chi connectivity index (χ0v) is 18.9. The third-order valence-corrected chi connectivity index (χ3v) is 5.58. The summed E-state index contributed by atoms with van der Waals surface area (Å²) in [6, 6.07) is 25.3. The van der Waals surface area contributed by atoms with Crippen LogP contribution in [0, 0.1) is 26.6 Å². The average Bonchev–Trinajstić information content (AvgIpc) is 3.12. The molecule has 32 heavy (non-hydrogen) atoms. The van der Waals surface area contributed by atoms with E-state index in [2.05, 4.69) is 73.0 Å². The Hall–Kier alpha value is -3.66. The first-order valence-electron chi connectivity index (χ1n) is 10.7. The zero-order valence-electron chi connectivity index (χ0n) is 18.9. The Morgan fingerprint density at radius 1 is 0.875 bits per heavy atom. The molecule has 4 rings (SSSR count). The van der Waals surface area contributed by atoms with Gasteiger partial charge in [0.2, 0.25) is 0 Å². The Morgan fingerprint density at radius 2 is 1.59 bits per heavy atom. The van der Waals surface area contributed by atoms with Crippen LogP contribution in [-0.4, -0.2) is 10.3 Å². The molecule has 0 aliphatic carbocycles. The Morgan fingerprint density at radius 3 is 2.28 bits per heavy atom. The summed E-state index contributed by atoms with van der Waals surface area (Å²) in [4.78, 5) is 5.67. The standard InChI is InChI=1S/C28H27FN2O/c1-19-8-14-26(15-9-19)31-22(4)27(17-28(31)24-10-12-25(29)13-11-24)21(3)30-32-18-23-7-5-6-20(2)16-23/h5-17H,18H2,1-4H3/b30-21-. The quantitative estimate of drug-likeness (QED) is 0.237. The van der Waals surface area contributed by atoms with E-state index < -0.39 is 0 Å². The molecule has 4 heteroatoms. The molecule has 0 unspecified atom stereocenters. The van der Waals surface area contributed by atoms with Crippen LogP contribution < -0.4 is 0 Å². The van der Waals surface area contributed by atoms with Crippen molar-refractivity contribution in [3.8, 4) is 16.9 Å². The molecule has 0 saturated heterocycles. The molecule has 0 amide bonds. The fourth-order valence-corrected chi connectivity index (χ4v) is 3.89. The maximum Gasteiger partial charge on any atom is 0.142 e. The Kier molecular flexibility index (Phi) is 6.22. The average molecular weight is 427 g/mol. The molecule has 1 heterocycles. The van der Waals surface area contributed by atoms with Gasteiger partial charge in [0.15, 0.2) is 0 Å². The smallest absolute Gasteiger partial charge is 0.142 e. The van der Waals surface area contributed by atoms with Crippen LogP contribution in [0.5, 0.6) is 0 Å². The number of hydrogen-bond donors (Lipinski definition) is 0. The Bertz CT molecular complexity index is 1250. The summed E-state index contributed by atoms with van der Waals surface area (Å²) in [6.07, 6.45) is 0. The van der Waals surface area contributed by atoms with E-state index >= 15 is 0 Å². The highest BCUT2D eigenvalue weighted by molar-refractivity contribution is 6.01. The highest BCUT2D eigenvalue weighted by Crippen LogP contribution is 2.30. The lowest BCUT2D eigenvalue weighted by Gasteiger charge is -2.13. The third-order valence-electron chi connectivity index (χ3n) is 5.58. The monoisotopic (exact) mass is 426 g/mol. The number of aromatic nitrogens is 1. The van der Waals surface area contributed by atoms with Crippen LogP contribution in [0.4, 0.5) is 4.39 Å². The van der Waals surface area contributed by atoms with Gasteiger partial charge in [-0.15, -0.1) is 0 Å². The molecular weight excluding hydrogens is 399 g/mol. The van der Waals surface area contributed by atoms with E-state index in [4.69, 9.17) is 4.84 Å². The molecule has 0 bridgehead atoms. The van der Waals surface area contributed by atoms with Crippen molar-refractivity contribution < 1.29 is 9.23 Å². The first kappa shape index (κ1) is 21.6. The van der Waals surface area contributed by atoms with Gasteiger partial charge in [0, 0.05) is 16.9 Å². The summed E-state index contributed by atoms with van der Waals surface area (Å²) in [7, 11) is 0. The Labute approximate surface area is 188 Å². The summed E-state index contributed by atoms with van der Waals surface area (Å²) >= 11 is 0. The first-order chi connectivity index (χ1) is 15.4. The lowest BCUT2D eigenvalue weighted by Crippen LogP contribution is -2.02. The van der Waals surface area contributed by atoms with Gasteiger partial charge in [0.25, 0.3) is 0 Å². The number of oxime groups is 1. The molecule has 0 atom stereocenters. The van der Waals surface area contributed by atoms with E-state index in [1.54, 1.807) is 12.1 Å². The fraction of sp³-hybridized carbons (Fsp3) is 0.179. The minimum atomic E-state index is -0.249. The second-order valence-corrected chi connectivity index (χ2v) is 8.15. The molecule has 3 nitrogen and oxygen atoms in total. The molecule has 0 aliphatic heterocycles. The Balaban J connectivity index is 1.71. The maximum absolute atomic E-state index is 13.5. The molecule has 0 saturated carbocycles. The van der Waals surface area contributed by atoms with Crippen molar-refractivity contribution in [2.45, 2.75) is 34.3 Å². The van der Waals surface area contributed by atoms with Crippen molar-refractivity contribution in [1.29, 1.82) is 0 Å². The molecule has 4 aromatic rings. The topological polar surface area (TPSA) is 26.5 Å². The molecule has 1 aromatic heterocycles. The first-order valence-corrected chi connectivity index (χ1v) is 10.7. The normalized spacial score (nSPS) is 11.6. The van der Waals surface area contributed by atoms with E-state index in [0.717, 1.165) is 39.5 Å². The summed E-state index contributed by atoms with van der Waals surface area (Å²) in [5.41, 5.74) is 9.29. The van der Waals surface area contributed by atoms with Gasteiger partial charge in [-0.3, -0.25) is 0 Å². The van der Waals surface area contributed by atoms with Crippen molar-refractivity contribution in [1.82, 2.24) is 4.57 Å². The van der Waals surface area contributed by atoms with Crippen LogP contribution >= 0.6 is 0 Å². The highest BCUT2D eigenvalue weighted by Gasteiger charge is 2.17. The SMILES string of the molecule is C/C(=N/OCc1cccc(C)c1)c1cc(-c2ccc(F)cc2)n(-c2ccc(C)cc2)c1C. The summed E-state index contributed by atoms with van der Waals surface area (Å²) in [5.74, 6) is -0.249. The number of benzene rings is 3.